The van der Waals surface area contributed by atoms with Gasteiger partial charge in [-0.2, -0.15) is 0 Å². The van der Waals surface area contributed by atoms with Crippen molar-refractivity contribution >= 4 is 17.7 Å². The Labute approximate surface area is 99.2 Å². The van der Waals surface area contributed by atoms with Crippen molar-refractivity contribution in [3.8, 4) is 0 Å². The van der Waals surface area contributed by atoms with Gasteiger partial charge in [0.1, 0.15) is 0 Å². The summed E-state index contributed by atoms with van der Waals surface area (Å²) >= 11 is 1.50. The van der Waals surface area contributed by atoms with Crippen LogP contribution in [0.25, 0.3) is 0 Å². The first-order valence-corrected chi connectivity index (χ1v) is 6.34. The molecule has 1 aromatic rings. The second-order valence-corrected chi connectivity index (χ2v) is 4.68. The Kier molecular flexibility index (Phi) is 3.84. The van der Waals surface area contributed by atoms with Crippen LogP contribution in [0.1, 0.15) is 0 Å². The molecule has 0 atom stereocenters. The number of hydrogen-bond acceptors (Lipinski definition) is 4. The van der Waals surface area contributed by atoms with Gasteiger partial charge in [0.25, 0.3) is 0 Å². The molecule has 1 amide bonds. The summed E-state index contributed by atoms with van der Waals surface area (Å²) in [5.41, 5.74) is 0. The molecule has 6 heteroatoms. The number of hydrogen-bond donors (Lipinski definition) is 1. The van der Waals surface area contributed by atoms with Gasteiger partial charge in [0.05, 0.1) is 5.75 Å². The fourth-order valence-electron chi connectivity index (χ4n) is 1.62. The van der Waals surface area contributed by atoms with Crippen LogP contribution in [0.15, 0.2) is 17.6 Å². The van der Waals surface area contributed by atoms with Crippen LogP contribution in [0.3, 0.4) is 0 Å². The second kappa shape index (κ2) is 5.36. The summed E-state index contributed by atoms with van der Waals surface area (Å²) in [5.74, 6) is 0.680. The van der Waals surface area contributed by atoms with Crippen LogP contribution in [0.2, 0.25) is 0 Å². The number of rotatable bonds is 3. The molecule has 1 aliphatic rings. The molecule has 1 saturated heterocycles. The lowest BCUT2D eigenvalue weighted by Crippen LogP contribution is -2.47. The first-order valence-electron chi connectivity index (χ1n) is 5.36. The van der Waals surface area contributed by atoms with Gasteiger partial charge in [-0.3, -0.25) is 4.79 Å². The van der Waals surface area contributed by atoms with Crippen molar-refractivity contribution < 1.29 is 4.79 Å². The molecule has 0 saturated carbocycles. The fraction of sp³-hybridized carbons (Fsp3) is 0.600. The van der Waals surface area contributed by atoms with E-state index in [4.69, 9.17) is 0 Å². The lowest BCUT2D eigenvalue weighted by Gasteiger charge is -2.27. The van der Waals surface area contributed by atoms with Gasteiger partial charge in [-0.05, 0) is 0 Å². The molecule has 1 fully saturated rings. The quantitative estimate of drug-likeness (QED) is 0.752. The van der Waals surface area contributed by atoms with Crippen molar-refractivity contribution in [1.29, 1.82) is 0 Å². The van der Waals surface area contributed by atoms with Gasteiger partial charge in [-0.1, -0.05) is 11.8 Å². The Bertz CT molecular complexity index is 359. The number of carbonyl (C=O) groups excluding carboxylic acids is 1. The summed E-state index contributed by atoms with van der Waals surface area (Å²) < 4.78 is 1.93. The van der Waals surface area contributed by atoms with Crippen molar-refractivity contribution in [3.63, 3.8) is 0 Å². The van der Waals surface area contributed by atoms with Crippen molar-refractivity contribution in [1.82, 2.24) is 19.8 Å². The molecule has 0 aliphatic carbocycles. The number of thioether (sulfide) groups is 1. The van der Waals surface area contributed by atoms with E-state index < -0.39 is 0 Å². The van der Waals surface area contributed by atoms with E-state index in [9.17, 15) is 4.79 Å². The van der Waals surface area contributed by atoms with Crippen molar-refractivity contribution in [2.75, 3.05) is 31.9 Å². The Hall–Kier alpha value is -1.01. The number of imidazole rings is 1. The monoisotopic (exact) mass is 240 g/mol. The highest BCUT2D eigenvalue weighted by atomic mass is 32.2. The van der Waals surface area contributed by atoms with E-state index in [-0.39, 0.29) is 5.91 Å². The molecule has 5 nitrogen and oxygen atoms in total. The number of amides is 1. The number of carbonyl (C=O) groups is 1. The minimum Gasteiger partial charge on any atom is -0.339 e. The summed E-state index contributed by atoms with van der Waals surface area (Å²) in [7, 11) is 1.94. The molecule has 0 bridgehead atoms. The highest BCUT2D eigenvalue weighted by molar-refractivity contribution is 7.99. The molecule has 16 heavy (non-hydrogen) atoms. The summed E-state index contributed by atoms with van der Waals surface area (Å²) in [6, 6.07) is 0. The fourth-order valence-corrected chi connectivity index (χ4v) is 2.46. The third-order valence-corrected chi connectivity index (χ3v) is 3.61. The Balaban J connectivity index is 1.81. The van der Waals surface area contributed by atoms with Crippen LogP contribution in [-0.2, 0) is 11.8 Å². The highest BCUT2D eigenvalue weighted by Crippen LogP contribution is 2.14. The largest absolute Gasteiger partial charge is 0.339 e. The minimum atomic E-state index is 0.203. The van der Waals surface area contributed by atoms with Crippen LogP contribution in [-0.4, -0.2) is 52.3 Å². The maximum absolute atomic E-state index is 11.8. The van der Waals surface area contributed by atoms with E-state index >= 15 is 0 Å². The first-order chi connectivity index (χ1) is 7.77. The van der Waals surface area contributed by atoms with Gasteiger partial charge in [0.2, 0.25) is 5.91 Å². The van der Waals surface area contributed by atoms with Crippen LogP contribution < -0.4 is 5.32 Å². The van der Waals surface area contributed by atoms with Gasteiger partial charge in [0.15, 0.2) is 5.16 Å². The van der Waals surface area contributed by atoms with E-state index in [1.807, 2.05) is 22.7 Å². The predicted octanol–water partition coefficient (Wildman–Crippen LogP) is -0.0560. The molecule has 0 radical (unpaired) electrons. The minimum absolute atomic E-state index is 0.203. The third-order valence-electron chi connectivity index (χ3n) is 2.57. The summed E-state index contributed by atoms with van der Waals surface area (Å²) in [6.07, 6.45) is 3.63. The number of aromatic nitrogens is 2. The van der Waals surface area contributed by atoms with Crippen molar-refractivity contribution in [2.24, 2.45) is 7.05 Å². The average Bonchev–Trinajstić information content (AvgIpc) is 2.73. The summed E-state index contributed by atoms with van der Waals surface area (Å²) in [4.78, 5) is 17.9. The number of aryl methyl sites for hydroxylation is 1. The number of nitrogens with zero attached hydrogens (tertiary/aromatic N) is 3. The topological polar surface area (TPSA) is 50.2 Å². The molecular weight excluding hydrogens is 224 g/mol. The van der Waals surface area contributed by atoms with E-state index in [0.717, 1.165) is 31.3 Å². The summed E-state index contributed by atoms with van der Waals surface area (Å²) in [5, 5.41) is 4.12. The normalized spacial score (nSPS) is 16.4. The molecule has 0 aromatic carbocycles. The maximum Gasteiger partial charge on any atom is 0.233 e. The maximum atomic E-state index is 11.8. The lowest BCUT2D eigenvalue weighted by molar-refractivity contribution is -0.128. The van der Waals surface area contributed by atoms with Crippen LogP contribution in [0.4, 0.5) is 0 Å². The number of nitrogens with one attached hydrogen (secondary N) is 1. The SMILES string of the molecule is Cn1ccnc1SCC(=O)N1CCNCC1. The summed E-state index contributed by atoms with van der Waals surface area (Å²) in [6.45, 7) is 3.44. The molecule has 0 unspecified atom stereocenters. The van der Waals surface area contributed by atoms with Gasteiger partial charge in [0, 0.05) is 45.6 Å². The zero-order chi connectivity index (χ0) is 11.4. The van der Waals surface area contributed by atoms with E-state index in [2.05, 4.69) is 10.3 Å². The van der Waals surface area contributed by atoms with Gasteiger partial charge in [-0.25, -0.2) is 4.98 Å². The first kappa shape index (κ1) is 11.5. The molecular formula is C10H16N4OS. The molecule has 0 spiro atoms. The van der Waals surface area contributed by atoms with E-state index in [1.54, 1.807) is 6.20 Å². The molecule has 1 aromatic heterocycles. The van der Waals surface area contributed by atoms with Crippen LogP contribution in [0, 0.1) is 0 Å². The highest BCUT2D eigenvalue weighted by Gasteiger charge is 2.16. The second-order valence-electron chi connectivity index (χ2n) is 3.74. The van der Waals surface area contributed by atoms with Crippen molar-refractivity contribution in [2.45, 2.75) is 5.16 Å². The van der Waals surface area contributed by atoms with Crippen LogP contribution >= 0.6 is 11.8 Å². The lowest BCUT2D eigenvalue weighted by atomic mass is 10.3. The van der Waals surface area contributed by atoms with Gasteiger partial charge >= 0.3 is 0 Å². The number of piperazine rings is 1. The Morgan fingerprint density at radius 3 is 2.94 bits per heavy atom. The standard InChI is InChI=1S/C10H16N4OS/c1-13-5-4-12-10(13)16-8-9(15)14-6-2-11-3-7-14/h4-5,11H,2-3,6-8H2,1H3. The van der Waals surface area contributed by atoms with Crippen molar-refractivity contribution in [3.05, 3.63) is 12.4 Å². The van der Waals surface area contributed by atoms with E-state index in [0.29, 0.717) is 5.75 Å². The van der Waals surface area contributed by atoms with Gasteiger partial charge in [-0.15, -0.1) is 0 Å². The zero-order valence-electron chi connectivity index (χ0n) is 9.35. The Morgan fingerprint density at radius 2 is 2.31 bits per heavy atom. The third kappa shape index (κ3) is 2.76. The smallest absolute Gasteiger partial charge is 0.233 e. The zero-order valence-corrected chi connectivity index (χ0v) is 10.2. The molecule has 1 N–H and O–H groups in total. The van der Waals surface area contributed by atoms with Crippen LogP contribution in [0.5, 0.6) is 0 Å². The Morgan fingerprint density at radius 1 is 1.56 bits per heavy atom. The van der Waals surface area contributed by atoms with Gasteiger partial charge < -0.3 is 14.8 Å². The molecule has 2 rings (SSSR count). The predicted molar refractivity (Wildman–Crippen MR) is 63.4 cm³/mol. The van der Waals surface area contributed by atoms with E-state index in [1.165, 1.54) is 11.8 Å². The molecule has 2 heterocycles. The molecule has 1 aliphatic heterocycles. The molecule has 88 valence electrons. The average molecular weight is 240 g/mol.